The van der Waals surface area contributed by atoms with E-state index in [9.17, 15) is 4.39 Å². The Balaban J connectivity index is 3.08. The van der Waals surface area contributed by atoms with Crippen LogP contribution in [0.2, 0.25) is 0 Å². The van der Waals surface area contributed by atoms with Crippen LogP contribution in [0.1, 0.15) is 31.5 Å². The highest BCUT2D eigenvalue weighted by molar-refractivity contribution is 5.62. The molecule has 0 amide bonds. The fourth-order valence-electron chi connectivity index (χ4n) is 1.15. The number of allylic oxidation sites excluding steroid dienone is 2. The average molecular weight is 179 g/mol. The summed E-state index contributed by atoms with van der Waals surface area (Å²) in [4.78, 5) is 4.11. The van der Waals surface area contributed by atoms with Crippen LogP contribution in [-0.4, -0.2) is 4.98 Å². The number of hydrogen-bond acceptors (Lipinski definition) is 1. The molecule has 13 heavy (non-hydrogen) atoms. The van der Waals surface area contributed by atoms with Crippen LogP contribution in [0.5, 0.6) is 0 Å². The zero-order valence-electron chi connectivity index (χ0n) is 8.26. The first kappa shape index (κ1) is 9.90. The summed E-state index contributed by atoms with van der Waals surface area (Å²) >= 11 is 0. The van der Waals surface area contributed by atoms with Crippen LogP contribution in [0, 0.1) is 6.92 Å². The minimum Gasteiger partial charge on any atom is -0.257 e. The number of aryl methyl sites for hydroxylation is 1. The van der Waals surface area contributed by atoms with Crippen molar-refractivity contribution in [3.63, 3.8) is 0 Å². The molecule has 0 aliphatic heterocycles. The largest absolute Gasteiger partial charge is 0.257 e. The molecule has 0 N–H and O–H groups in total. The molecule has 1 heterocycles. The number of rotatable bonds is 2. The van der Waals surface area contributed by atoms with Crippen LogP contribution >= 0.6 is 0 Å². The SMILES string of the molecule is CC/C(F)=C(\C)c1cc(C)ccn1. The van der Waals surface area contributed by atoms with Crippen molar-refractivity contribution in [1.29, 1.82) is 0 Å². The number of hydrogen-bond donors (Lipinski definition) is 0. The summed E-state index contributed by atoms with van der Waals surface area (Å²) in [5.41, 5.74) is 2.49. The highest BCUT2D eigenvalue weighted by Crippen LogP contribution is 2.19. The van der Waals surface area contributed by atoms with E-state index in [4.69, 9.17) is 0 Å². The Hall–Kier alpha value is -1.18. The highest BCUT2D eigenvalue weighted by atomic mass is 19.1. The van der Waals surface area contributed by atoms with Crippen molar-refractivity contribution in [2.45, 2.75) is 27.2 Å². The van der Waals surface area contributed by atoms with E-state index in [-0.39, 0.29) is 5.83 Å². The van der Waals surface area contributed by atoms with Gasteiger partial charge in [-0.05, 0) is 38.0 Å². The van der Waals surface area contributed by atoms with Crippen molar-refractivity contribution in [2.75, 3.05) is 0 Å². The van der Waals surface area contributed by atoms with E-state index in [2.05, 4.69) is 4.98 Å². The molecule has 0 spiro atoms. The van der Waals surface area contributed by atoms with Gasteiger partial charge in [0.25, 0.3) is 0 Å². The molecule has 0 aliphatic rings. The first-order valence-corrected chi connectivity index (χ1v) is 4.43. The highest BCUT2D eigenvalue weighted by Gasteiger charge is 2.03. The third kappa shape index (κ3) is 2.38. The van der Waals surface area contributed by atoms with E-state index in [1.165, 1.54) is 0 Å². The Kier molecular flexibility index (Phi) is 3.18. The second kappa shape index (κ2) is 4.17. The lowest BCUT2D eigenvalue weighted by Crippen LogP contribution is -1.88. The summed E-state index contributed by atoms with van der Waals surface area (Å²) < 4.78 is 13.2. The maximum absolute atomic E-state index is 13.2. The lowest BCUT2D eigenvalue weighted by atomic mass is 10.1. The van der Waals surface area contributed by atoms with Gasteiger partial charge in [-0.3, -0.25) is 4.98 Å². The third-order valence-corrected chi connectivity index (χ3v) is 2.02. The molecule has 1 aromatic rings. The topological polar surface area (TPSA) is 12.9 Å². The predicted octanol–water partition coefficient (Wildman–Crippen LogP) is 3.50. The van der Waals surface area contributed by atoms with Crippen molar-refractivity contribution < 1.29 is 4.39 Å². The first-order valence-electron chi connectivity index (χ1n) is 4.43. The van der Waals surface area contributed by atoms with Crippen molar-refractivity contribution >= 4 is 5.57 Å². The maximum atomic E-state index is 13.2. The molecule has 1 aromatic heterocycles. The number of halogens is 1. The Morgan fingerprint density at radius 1 is 1.54 bits per heavy atom. The molecule has 0 aliphatic carbocycles. The molecule has 1 nitrogen and oxygen atoms in total. The van der Waals surface area contributed by atoms with Crippen molar-refractivity contribution in [3.05, 3.63) is 35.4 Å². The zero-order chi connectivity index (χ0) is 9.84. The van der Waals surface area contributed by atoms with E-state index in [1.54, 1.807) is 20.0 Å². The Labute approximate surface area is 78.3 Å². The lowest BCUT2D eigenvalue weighted by molar-refractivity contribution is 0.606. The Morgan fingerprint density at radius 2 is 2.23 bits per heavy atom. The quantitative estimate of drug-likeness (QED) is 0.677. The predicted molar refractivity (Wildman–Crippen MR) is 53.0 cm³/mol. The second-order valence-corrected chi connectivity index (χ2v) is 3.10. The van der Waals surface area contributed by atoms with Crippen LogP contribution < -0.4 is 0 Å². The molecule has 0 bridgehead atoms. The number of pyridine rings is 1. The maximum Gasteiger partial charge on any atom is 0.105 e. The van der Waals surface area contributed by atoms with Gasteiger partial charge in [0.1, 0.15) is 5.83 Å². The Bertz CT molecular complexity index is 329. The van der Waals surface area contributed by atoms with Gasteiger partial charge in [-0.1, -0.05) is 6.92 Å². The lowest BCUT2D eigenvalue weighted by Gasteiger charge is -2.02. The first-order chi connectivity index (χ1) is 6.15. The molecule has 0 saturated heterocycles. The van der Waals surface area contributed by atoms with Crippen LogP contribution in [0.15, 0.2) is 24.2 Å². The molecule has 0 fully saturated rings. The van der Waals surface area contributed by atoms with Crippen molar-refractivity contribution in [1.82, 2.24) is 4.98 Å². The van der Waals surface area contributed by atoms with E-state index < -0.39 is 0 Å². The molecule has 0 aromatic carbocycles. The van der Waals surface area contributed by atoms with E-state index >= 15 is 0 Å². The summed E-state index contributed by atoms with van der Waals surface area (Å²) in [5, 5.41) is 0. The molecule has 2 heteroatoms. The van der Waals surface area contributed by atoms with Crippen LogP contribution in [0.3, 0.4) is 0 Å². The summed E-state index contributed by atoms with van der Waals surface area (Å²) in [6.07, 6.45) is 2.14. The van der Waals surface area contributed by atoms with Gasteiger partial charge in [0, 0.05) is 11.8 Å². The molecule has 0 unspecified atom stereocenters. The Morgan fingerprint density at radius 3 is 2.77 bits per heavy atom. The van der Waals surface area contributed by atoms with Gasteiger partial charge in [-0.15, -0.1) is 0 Å². The standard InChI is InChI=1S/C11H14FN/c1-4-10(12)9(3)11-7-8(2)5-6-13-11/h5-7H,4H2,1-3H3/b10-9-. The van der Waals surface area contributed by atoms with Gasteiger partial charge < -0.3 is 0 Å². The smallest absolute Gasteiger partial charge is 0.105 e. The van der Waals surface area contributed by atoms with Crippen molar-refractivity contribution in [2.24, 2.45) is 0 Å². The van der Waals surface area contributed by atoms with Crippen LogP contribution in [-0.2, 0) is 0 Å². The van der Waals surface area contributed by atoms with E-state index in [0.29, 0.717) is 12.0 Å². The fraction of sp³-hybridized carbons (Fsp3) is 0.364. The summed E-state index contributed by atoms with van der Waals surface area (Å²) in [6, 6.07) is 3.80. The van der Waals surface area contributed by atoms with Crippen LogP contribution in [0.4, 0.5) is 4.39 Å². The molecule has 0 radical (unpaired) electrons. The summed E-state index contributed by atoms with van der Waals surface area (Å²) in [7, 11) is 0. The van der Waals surface area contributed by atoms with Gasteiger partial charge in [-0.25, -0.2) is 4.39 Å². The van der Waals surface area contributed by atoms with Gasteiger partial charge >= 0.3 is 0 Å². The summed E-state index contributed by atoms with van der Waals surface area (Å²) in [5.74, 6) is -0.0851. The van der Waals surface area contributed by atoms with Gasteiger partial charge in [-0.2, -0.15) is 0 Å². The second-order valence-electron chi connectivity index (χ2n) is 3.10. The van der Waals surface area contributed by atoms with Gasteiger partial charge in [0.05, 0.1) is 5.69 Å². The molecule has 70 valence electrons. The van der Waals surface area contributed by atoms with Crippen LogP contribution in [0.25, 0.3) is 5.57 Å². The minimum absolute atomic E-state index is 0.0851. The molecule has 0 atom stereocenters. The number of nitrogens with zero attached hydrogens (tertiary/aromatic N) is 1. The molecular weight excluding hydrogens is 165 g/mol. The zero-order valence-corrected chi connectivity index (χ0v) is 8.26. The molecule has 1 rings (SSSR count). The fourth-order valence-corrected chi connectivity index (χ4v) is 1.15. The van der Waals surface area contributed by atoms with E-state index in [0.717, 1.165) is 11.3 Å². The minimum atomic E-state index is -0.0851. The average Bonchev–Trinajstić information content (AvgIpc) is 2.15. The van der Waals surface area contributed by atoms with Crippen molar-refractivity contribution in [3.8, 4) is 0 Å². The van der Waals surface area contributed by atoms with Gasteiger partial charge in [0.2, 0.25) is 0 Å². The van der Waals surface area contributed by atoms with Gasteiger partial charge in [0.15, 0.2) is 0 Å². The summed E-state index contributed by atoms with van der Waals surface area (Å²) in [6.45, 7) is 5.54. The normalized spacial score (nSPS) is 12.6. The molecular formula is C11H14FN. The number of aromatic nitrogens is 1. The molecule has 0 saturated carbocycles. The third-order valence-electron chi connectivity index (χ3n) is 2.02. The monoisotopic (exact) mass is 179 g/mol. The van der Waals surface area contributed by atoms with E-state index in [1.807, 2.05) is 19.1 Å².